The van der Waals surface area contributed by atoms with E-state index in [9.17, 15) is 12.8 Å². The zero-order chi connectivity index (χ0) is 18.3. The van der Waals surface area contributed by atoms with Crippen LogP contribution in [0.4, 0.5) is 4.39 Å². The highest BCUT2D eigenvalue weighted by Gasteiger charge is 2.38. The third-order valence-electron chi connectivity index (χ3n) is 5.14. The first-order valence-corrected chi connectivity index (χ1v) is 10.5. The van der Waals surface area contributed by atoms with E-state index in [-0.39, 0.29) is 17.7 Å². The molecule has 0 spiro atoms. The van der Waals surface area contributed by atoms with Crippen molar-refractivity contribution in [3.63, 3.8) is 0 Å². The molecule has 0 unspecified atom stereocenters. The number of hydrogen-bond acceptors (Lipinski definition) is 6. The van der Waals surface area contributed by atoms with Crippen molar-refractivity contribution in [2.45, 2.75) is 25.4 Å². The van der Waals surface area contributed by atoms with Crippen LogP contribution in [-0.4, -0.2) is 59.8 Å². The second-order valence-corrected chi connectivity index (χ2v) is 9.10. The molecule has 0 radical (unpaired) electrons. The lowest BCUT2D eigenvalue weighted by molar-refractivity contribution is 0.114. The Morgan fingerprint density at radius 1 is 1.23 bits per heavy atom. The molecule has 2 bridgehead atoms. The molecule has 3 aliphatic heterocycles. The fraction of sp³-hybridized carbons (Fsp3) is 0.529. The number of piperidine rings is 1. The molecule has 0 saturated carbocycles. The number of benzene rings is 1. The molecule has 2 aromatic rings. The number of sulfonamides is 1. The summed E-state index contributed by atoms with van der Waals surface area (Å²) in [5, 5.41) is 8.10. The second-order valence-electron chi connectivity index (χ2n) is 7.12. The molecule has 4 heterocycles. The van der Waals surface area contributed by atoms with Crippen LogP contribution in [0.15, 0.2) is 28.7 Å². The topological polar surface area (TPSA) is 79.5 Å². The van der Waals surface area contributed by atoms with Crippen molar-refractivity contribution in [2.75, 3.05) is 25.9 Å². The average molecular weight is 380 g/mol. The first-order chi connectivity index (χ1) is 12.4. The number of halogens is 1. The minimum atomic E-state index is -3.19. The summed E-state index contributed by atoms with van der Waals surface area (Å²) in [6.45, 7) is 2.36. The molecule has 3 saturated heterocycles. The lowest BCUT2D eigenvalue weighted by Crippen LogP contribution is -2.43. The molecule has 0 N–H and O–H groups in total. The van der Waals surface area contributed by atoms with E-state index in [0.717, 1.165) is 19.4 Å². The average Bonchev–Trinajstić information content (AvgIpc) is 2.83. The molecule has 0 aliphatic carbocycles. The normalized spacial score (nSPS) is 24.7. The van der Waals surface area contributed by atoms with E-state index < -0.39 is 10.0 Å². The lowest BCUT2D eigenvalue weighted by atomic mass is 9.95. The molecule has 3 aliphatic rings. The predicted molar refractivity (Wildman–Crippen MR) is 93.0 cm³/mol. The van der Waals surface area contributed by atoms with Gasteiger partial charge < -0.3 is 4.42 Å². The van der Waals surface area contributed by atoms with Crippen LogP contribution < -0.4 is 0 Å². The Hall–Kier alpha value is -1.84. The van der Waals surface area contributed by atoms with Crippen molar-refractivity contribution in [1.29, 1.82) is 0 Å². The highest BCUT2D eigenvalue weighted by Crippen LogP contribution is 2.30. The summed E-state index contributed by atoms with van der Waals surface area (Å²) in [5.74, 6) is 0.710. The Bertz CT molecular complexity index is 901. The highest BCUT2D eigenvalue weighted by atomic mass is 32.2. The van der Waals surface area contributed by atoms with Crippen LogP contribution in [0.5, 0.6) is 0 Å². The fourth-order valence-electron chi connectivity index (χ4n) is 3.83. The van der Waals surface area contributed by atoms with Crippen molar-refractivity contribution in [2.24, 2.45) is 5.92 Å². The van der Waals surface area contributed by atoms with Crippen LogP contribution >= 0.6 is 0 Å². The van der Waals surface area contributed by atoms with Crippen LogP contribution in [0, 0.1) is 11.7 Å². The van der Waals surface area contributed by atoms with Crippen molar-refractivity contribution in [1.82, 2.24) is 19.4 Å². The Morgan fingerprint density at radius 2 is 2.08 bits per heavy atom. The second kappa shape index (κ2) is 6.71. The molecule has 5 rings (SSSR count). The van der Waals surface area contributed by atoms with Crippen molar-refractivity contribution >= 4 is 10.0 Å². The monoisotopic (exact) mass is 380 g/mol. The Balaban J connectivity index is 1.50. The first kappa shape index (κ1) is 17.6. The van der Waals surface area contributed by atoms with Crippen molar-refractivity contribution < 1.29 is 17.2 Å². The fourth-order valence-corrected chi connectivity index (χ4v) is 4.75. The van der Waals surface area contributed by atoms with Gasteiger partial charge in [0.15, 0.2) is 0 Å². The summed E-state index contributed by atoms with van der Waals surface area (Å²) < 4.78 is 44.5. The van der Waals surface area contributed by atoms with Gasteiger partial charge in [-0.15, -0.1) is 10.2 Å². The predicted octanol–water partition coefficient (Wildman–Crippen LogP) is 1.73. The van der Waals surface area contributed by atoms with E-state index in [4.69, 9.17) is 4.42 Å². The minimum absolute atomic E-state index is 0.146. The zero-order valence-electron chi connectivity index (χ0n) is 14.5. The number of nitrogens with zero attached hydrogens (tertiary/aromatic N) is 4. The van der Waals surface area contributed by atoms with Gasteiger partial charge in [0.1, 0.15) is 5.82 Å². The van der Waals surface area contributed by atoms with Gasteiger partial charge in [-0.2, -0.15) is 0 Å². The Morgan fingerprint density at radius 3 is 2.85 bits per heavy atom. The van der Waals surface area contributed by atoms with Crippen LogP contribution in [0.2, 0.25) is 0 Å². The largest absolute Gasteiger partial charge is 0.419 e. The summed E-state index contributed by atoms with van der Waals surface area (Å²) in [6.07, 6.45) is 3.26. The highest BCUT2D eigenvalue weighted by molar-refractivity contribution is 7.88. The van der Waals surface area contributed by atoms with Gasteiger partial charge in [0, 0.05) is 31.2 Å². The van der Waals surface area contributed by atoms with E-state index in [1.54, 1.807) is 16.4 Å². The third-order valence-corrected chi connectivity index (χ3v) is 6.38. The minimum Gasteiger partial charge on any atom is -0.419 e. The summed E-state index contributed by atoms with van der Waals surface area (Å²) in [7, 11) is -3.19. The van der Waals surface area contributed by atoms with Crippen LogP contribution in [0.25, 0.3) is 11.5 Å². The summed E-state index contributed by atoms with van der Waals surface area (Å²) in [4.78, 5) is 2.22. The van der Waals surface area contributed by atoms with Crippen LogP contribution in [-0.2, 0) is 16.6 Å². The van der Waals surface area contributed by atoms with Crippen molar-refractivity contribution in [3.05, 3.63) is 36.0 Å². The maximum absolute atomic E-state index is 13.4. The van der Waals surface area contributed by atoms with E-state index in [2.05, 4.69) is 15.1 Å². The SMILES string of the molecule is CS(=O)(=O)N1C[C@@H]2CC[C@H](C1)N(Cc1nnc(-c3cccc(F)c3)o1)C2. The molecule has 3 fully saturated rings. The Kier molecular flexibility index (Phi) is 4.54. The van der Waals surface area contributed by atoms with Gasteiger partial charge in [0.05, 0.1) is 12.8 Å². The van der Waals surface area contributed by atoms with Gasteiger partial charge >= 0.3 is 0 Å². The smallest absolute Gasteiger partial charge is 0.247 e. The maximum Gasteiger partial charge on any atom is 0.247 e. The molecule has 1 aromatic carbocycles. The maximum atomic E-state index is 13.4. The molecule has 2 atom stereocenters. The molecule has 140 valence electrons. The summed E-state index contributed by atoms with van der Waals surface area (Å²) >= 11 is 0. The van der Waals surface area contributed by atoms with E-state index in [0.29, 0.717) is 37.0 Å². The number of hydrogen-bond donors (Lipinski definition) is 0. The summed E-state index contributed by atoms with van der Waals surface area (Å²) in [6, 6.07) is 6.19. The van der Waals surface area contributed by atoms with Gasteiger partial charge in [-0.1, -0.05) is 6.07 Å². The quantitative estimate of drug-likeness (QED) is 0.804. The molecule has 7 nitrogen and oxygen atoms in total. The molecule has 9 heteroatoms. The number of aromatic nitrogens is 2. The standard InChI is InChI=1S/C17H21FN4O3S/c1-26(23,24)22-9-12-5-6-15(10-22)21(8-12)11-16-19-20-17(25-16)13-3-2-4-14(18)7-13/h2-4,7,12,15H,5-6,8-11H2,1H3/t12-,15-/m1/s1. The van der Waals surface area contributed by atoms with Gasteiger partial charge in [0.2, 0.25) is 21.8 Å². The number of fused-ring (bicyclic) bond motifs is 4. The molecule has 26 heavy (non-hydrogen) atoms. The van der Waals surface area contributed by atoms with E-state index >= 15 is 0 Å². The van der Waals surface area contributed by atoms with Gasteiger partial charge in [-0.25, -0.2) is 17.1 Å². The first-order valence-electron chi connectivity index (χ1n) is 8.66. The zero-order valence-corrected chi connectivity index (χ0v) is 15.3. The van der Waals surface area contributed by atoms with E-state index in [1.165, 1.54) is 18.4 Å². The molecular weight excluding hydrogens is 359 g/mol. The van der Waals surface area contributed by atoms with Crippen LogP contribution in [0.3, 0.4) is 0 Å². The molecular formula is C17H21FN4O3S. The van der Waals surface area contributed by atoms with Gasteiger partial charge in [-0.05, 0) is 37.0 Å². The third kappa shape index (κ3) is 3.65. The van der Waals surface area contributed by atoms with Crippen molar-refractivity contribution in [3.8, 4) is 11.5 Å². The molecule has 1 aromatic heterocycles. The van der Waals surface area contributed by atoms with Crippen LogP contribution in [0.1, 0.15) is 18.7 Å². The Labute approximate surface area is 151 Å². The summed E-state index contributed by atoms with van der Waals surface area (Å²) in [5.41, 5.74) is 0.546. The molecule has 0 amide bonds. The lowest BCUT2D eigenvalue weighted by Gasteiger charge is -2.34. The van der Waals surface area contributed by atoms with Gasteiger partial charge in [0.25, 0.3) is 0 Å². The van der Waals surface area contributed by atoms with E-state index in [1.807, 2.05) is 0 Å². The van der Waals surface area contributed by atoms with Gasteiger partial charge in [-0.3, -0.25) is 4.90 Å². The number of rotatable bonds is 4.